The summed E-state index contributed by atoms with van der Waals surface area (Å²) in [5.41, 5.74) is 3.54. The van der Waals surface area contributed by atoms with E-state index in [1.165, 1.54) is 11.1 Å². The number of ether oxygens (including phenoxy) is 1. The van der Waals surface area contributed by atoms with Gasteiger partial charge in [-0.25, -0.2) is 0 Å². The third kappa shape index (κ3) is 3.20. The van der Waals surface area contributed by atoms with E-state index in [-0.39, 0.29) is 6.61 Å². The molecule has 92 valence electrons. The van der Waals surface area contributed by atoms with E-state index >= 15 is 0 Å². The van der Waals surface area contributed by atoms with Crippen molar-refractivity contribution in [1.29, 1.82) is 0 Å². The van der Waals surface area contributed by atoms with Crippen molar-refractivity contribution in [3.05, 3.63) is 65.2 Å². The first kappa shape index (κ1) is 12.4. The Balaban J connectivity index is 2.24. The molecule has 0 aliphatic carbocycles. The lowest BCUT2D eigenvalue weighted by atomic mass is 10.0. The Morgan fingerprint density at radius 3 is 2.61 bits per heavy atom. The second-order valence-corrected chi connectivity index (χ2v) is 4.25. The zero-order chi connectivity index (χ0) is 12.8. The fraction of sp³-hybridized carbons (Fsp3) is 0.188. The number of benzene rings is 2. The Morgan fingerprint density at radius 2 is 1.89 bits per heavy atom. The number of aryl methyl sites for hydroxylation is 1. The first-order valence-corrected chi connectivity index (χ1v) is 5.99. The lowest BCUT2D eigenvalue weighted by Gasteiger charge is -2.10. The van der Waals surface area contributed by atoms with Crippen molar-refractivity contribution in [3.8, 4) is 5.75 Å². The van der Waals surface area contributed by atoms with Crippen LogP contribution in [-0.2, 0) is 11.2 Å². The van der Waals surface area contributed by atoms with Crippen molar-refractivity contribution >= 4 is 6.29 Å². The average molecular weight is 240 g/mol. The molecule has 0 aromatic heterocycles. The summed E-state index contributed by atoms with van der Waals surface area (Å²) in [6, 6.07) is 16.3. The van der Waals surface area contributed by atoms with Gasteiger partial charge in [-0.1, -0.05) is 48.0 Å². The van der Waals surface area contributed by atoms with Gasteiger partial charge >= 0.3 is 0 Å². The SMILES string of the molecule is Cc1ccc(OCC=O)c(Cc2ccccc2)c1. The number of aldehydes is 1. The van der Waals surface area contributed by atoms with E-state index in [0.717, 1.165) is 24.0 Å². The van der Waals surface area contributed by atoms with Crippen molar-refractivity contribution in [2.45, 2.75) is 13.3 Å². The van der Waals surface area contributed by atoms with Crippen LogP contribution < -0.4 is 4.74 Å². The second kappa shape index (κ2) is 6.01. The number of rotatable bonds is 5. The fourth-order valence-electron chi connectivity index (χ4n) is 1.93. The largest absolute Gasteiger partial charge is 0.486 e. The Bertz CT molecular complexity index is 518. The van der Waals surface area contributed by atoms with Crippen LogP contribution in [0.25, 0.3) is 0 Å². The van der Waals surface area contributed by atoms with Gasteiger partial charge in [0.15, 0.2) is 6.29 Å². The molecule has 2 heteroatoms. The first-order chi connectivity index (χ1) is 8.79. The maximum absolute atomic E-state index is 10.4. The Morgan fingerprint density at radius 1 is 1.11 bits per heavy atom. The van der Waals surface area contributed by atoms with E-state index in [1.54, 1.807) is 0 Å². The standard InChI is InChI=1S/C16H16O2/c1-13-7-8-16(18-10-9-17)15(11-13)12-14-5-3-2-4-6-14/h2-9,11H,10,12H2,1H3. The summed E-state index contributed by atoms with van der Waals surface area (Å²) in [6.45, 7) is 2.16. The lowest BCUT2D eigenvalue weighted by Crippen LogP contribution is -2.01. The molecular weight excluding hydrogens is 224 g/mol. The van der Waals surface area contributed by atoms with Gasteiger partial charge in [0.05, 0.1) is 0 Å². The molecule has 2 aromatic rings. The minimum Gasteiger partial charge on any atom is -0.486 e. The number of carbonyl (C=O) groups is 1. The van der Waals surface area contributed by atoms with Crippen LogP contribution in [0.1, 0.15) is 16.7 Å². The van der Waals surface area contributed by atoms with E-state index in [0.29, 0.717) is 0 Å². The molecule has 0 fully saturated rings. The minimum absolute atomic E-state index is 0.102. The van der Waals surface area contributed by atoms with Crippen molar-refractivity contribution in [1.82, 2.24) is 0 Å². The summed E-state index contributed by atoms with van der Waals surface area (Å²) in [6.07, 6.45) is 1.59. The van der Waals surface area contributed by atoms with E-state index in [9.17, 15) is 4.79 Å². The molecule has 0 atom stereocenters. The summed E-state index contributed by atoms with van der Waals surface area (Å²) < 4.78 is 5.45. The molecule has 0 aliphatic heterocycles. The molecule has 18 heavy (non-hydrogen) atoms. The van der Waals surface area contributed by atoms with Gasteiger partial charge in [-0.2, -0.15) is 0 Å². The number of carbonyl (C=O) groups excluding carboxylic acids is 1. The highest BCUT2D eigenvalue weighted by Gasteiger charge is 2.05. The monoisotopic (exact) mass is 240 g/mol. The van der Waals surface area contributed by atoms with Crippen LogP contribution in [0, 0.1) is 6.92 Å². The van der Waals surface area contributed by atoms with Crippen molar-refractivity contribution in [2.24, 2.45) is 0 Å². The van der Waals surface area contributed by atoms with Gasteiger partial charge in [0, 0.05) is 6.42 Å². The third-order valence-corrected chi connectivity index (χ3v) is 2.76. The average Bonchev–Trinajstić information content (AvgIpc) is 2.39. The maximum Gasteiger partial charge on any atom is 0.157 e. The van der Waals surface area contributed by atoms with E-state index in [4.69, 9.17) is 4.74 Å². The van der Waals surface area contributed by atoms with Gasteiger partial charge in [-0.05, 0) is 24.1 Å². The van der Waals surface area contributed by atoms with Gasteiger partial charge in [-0.15, -0.1) is 0 Å². The Hall–Kier alpha value is -2.09. The molecule has 0 heterocycles. The number of hydrogen-bond acceptors (Lipinski definition) is 2. The van der Waals surface area contributed by atoms with Crippen LogP contribution >= 0.6 is 0 Å². The fourth-order valence-corrected chi connectivity index (χ4v) is 1.93. The van der Waals surface area contributed by atoms with Crippen molar-refractivity contribution < 1.29 is 9.53 Å². The molecule has 2 rings (SSSR count). The molecule has 2 aromatic carbocycles. The van der Waals surface area contributed by atoms with Crippen LogP contribution in [0.15, 0.2) is 48.5 Å². The zero-order valence-electron chi connectivity index (χ0n) is 10.4. The smallest absolute Gasteiger partial charge is 0.157 e. The summed E-state index contributed by atoms with van der Waals surface area (Å²) >= 11 is 0. The molecule has 0 spiro atoms. The molecule has 0 radical (unpaired) electrons. The van der Waals surface area contributed by atoms with Gasteiger partial charge in [0.1, 0.15) is 12.4 Å². The van der Waals surface area contributed by atoms with Crippen LogP contribution in [-0.4, -0.2) is 12.9 Å². The van der Waals surface area contributed by atoms with Crippen LogP contribution in [0.4, 0.5) is 0 Å². The van der Waals surface area contributed by atoms with E-state index in [2.05, 4.69) is 25.1 Å². The van der Waals surface area contributed by atoms with Gasteiger partial charge < -0.3 is 4.74 Å². The van der Waals surface area contributed by atoms with Crippen molar-refractivity contribution in [2.75, 3.05) is 6.61 Å². The minimum atomic E-state index is 0.102. The van der Waals surface area contributed by atoms with E-state index in [1.807, 2.05) is 30.3 Å². The predicted molar refractivity (Wildman–Crippen MR) is 72.0 cm³/mol. The lowest BCUT2D eigenvalue weighted by molar-refractivity contribution is -0.109. The summed E-state index contributed by atoms with van der Waals surface area (Å²) in [7, 11) is 0. The molecule has 0 saturated heterocycles. The molecule has 0 bridgehead atoms. The highest BCUT2D eigenvalue weighted by atomic mass is 16.5. The van der Waals surface area contributed by atoms with Crippen LogP contribution in [0.5, 0.6) is 5.75 Å². The molecule has 0 N–H and O–H groups in total. The van der Waals surface area contributed by atoms with Crippen molar-refractivity contribution in [3.63, 3.8) is 0 Å². The Kier molecular flexibility index (Phi) is 4.13. The van der Waals surface area contributed by atoms with Gasteiger partial charge in [-0.3, -0.25) is 4.79 Å². The number of hydrogen-bond donors (Lipinski definition) is 0. The third-order valence-electron chi connectivity index (χ3n) is 2.76. The highest BCUT2D eigenvalue weighted by Crippen LogP contribution is 2.23. The Labute approximate surface area is 107 Å². The summed E-state index contributed by atoms with van der Waals surface area (Å²) in [4.78, 5) is 10.4. The highest BCUT2D eigenvalue weighted by molar-refractivity contribution is 5.52. The molecule has 0 saturated carbocycles. The molecule has 0 aliphatic rings. The second-order valence-electron chi connectivity index (χ2n) is 4.25. The molecule has 2 nitrogen and oxygen atoms in total. The van der Waals surface area contributed by atoms with Gasteiger partial charge in [0.2, 0.25) is 0 Å². The zero-order valence-corrected chi connectivity index (χ0v) is 10.4. The van der Waals surface area contributed by atoms with E-state index < -0.39 is 0 Å². The summed E-state index contributed by atoms with van der Waals surface area (Å²) in [5.74, 6) is 0.788. The molecular formula is C16H16O2. The maximum atomic E-state index is 10.4. The first-order valence-electron chi connectivity index (χ1n) is 5.99. The van der Waals surface area contributed by atoms with Crippen LogP contribution in [0.3, 0.4) is 0 Å². The van der Waals surface area contributed by atoms with Crippen LogP contribution in [0.2, 0.25) is 0 Å². The normalized spacial score (nSPS) is 10.1. The quantitative estimate of drug-likeness (QED) is 0.750. The summed E-state index contributed by atoms with van der Waals surface area (Å²) in [5, 5.41) is 0. The molecule has 0 unspecified atom stereocenters. The molecule has 0 amide bonds. The van der Waals surface area contributed by atoms with Gasteiger partial charge in [0.25, 0.3) is 0 Å². The topological polar surface area (TPSA) is 26.3 Å². The predicted octanol–water partition coefficient (Wildman–Crippen LogP) is 3.16.